The number of halogens is 1. The molecular formula is C15H19ClN2O3. The van der Waals surface area contributed by atoms with Gasteiger partial charge in [-0.15, -0.1) is 0 Å². The number of benzene rings is 1. The number of hydrogen-bond acceptors (Lipinski definition) is 3. The Bertz CT molecular complexity index is 513. The van der Waals surface area contributed by atoms with Crippen LogP contribution in [-0.2, 0) is 9.53 Å². The minimum Gasteiger partial charge on any atom is -0.384 e. The maximum atomic E-state index is 12.4. The first-order valence-electron chi connectivity index (χ1n) is 6.94. The van der Waals surface area contributed by atoms with Crippen LogP contribution in [0.3, 0.4) is 0 Å². The lowest BCUT2D eigenvalue weighted by molar-refractivity contribution is -0.133. The Morgan fingerprint density at radius 3 is 2.38 bits per heavy atom. The molecule has 114 valence electrons. The third-order valence-electron chi connectivity index (χ3n) is 3.54. The second kappa shape index (κ2) is 7.43. The monoisotopic (exact) mass is 310 g/mol. The Labute approximate surface area is 129 Å². The maximum absolute atomic E-state index is 12.4. The quantitative estimate of drug-likeness (QED) is 0.850. The molecule has 1 aliphatic heterocycles. The van der Waals surface area contributed by atoms with E-state index in [-0.39, 0.29) is 11.8 Å². The van der Waals surface area contributed by atoms with Crippen LogP contribution in [0.5, 0.6) is 0 Å². The molecule has 0 radical (unpaired) electrons. The van der Waals surface area contributed by atoms with Gasteiger partial charge in [-0.3, -0.25) is 9.59 Å². The van der Waals surface area contributed by atoms with Crippen LogP contribution in [0.2, 0.25) is 5.02 Å². The van der Waals surface area contributed by atoms with Crippen LogP contribution in [0, 0.1) is 0 Å². The highest BCUT2D eigenvalue weighted by atomic mass is 35.5. The summed E-state index contributed by atoms with van der Waals surface area (Å²) in [5.41, 5.74) is 0.512. The summed E-state index contributed by atoms with van der Waals surface area (Å²) in [4.78, 5) is 27.8. The van der Waals surface area contributed by atoms with Crippen molar-refractivity contribution in [3.63, 3.8) is 0 Å². The molecule has 1 heterocycles. The molecule has 1 fully saturated rings. The van der Waals surface area contributed by atoms with Gasteiger partial charge in [-0.05, 0) is 12.1 Å². The topological polar surface area (TPSA) is 49.9 Å². The number of hydrogen-bond donors (Lipinski definition) is 0. The third-order valence-corrected chi connectivity index (χ3v) is 3.87. The Hall–Kier alpha value is -1.59. The molecule has 0 bridgehead atoms. The van der Waals surface area contributed by atoms with Crippen molar-refractivity contribution < 1.29 is 14.3 Å². The molecule has 1 saturated heterocycles. The zero-order valence-corrected chi connectivity index (χ0v) is 12.8. The standard InChI is InChI=1S/C15H19ClN2O3/c1-21-11-6-14(19)17-7-9-18(10-8-17)15(20)12-4-2-3-5-13(12)16/h2-5H,6-11H2,1H3. The Morgan fingerprint density at radius 2 is 1.76 bits per heavy atom. The summed E-state index contributed by atoms with van der Waals surface area (Å²) in [6.45, 7) is 2.60. The molecule has 21 heavy (non-hydrogen) atoms. The zero-order valence-electron chi connectivity index (χ0n) is 12.0. The summed E-state index contributed by atoms with van der Waals surface area (Å²) in [6, 6.07) is 7.02. The summed E-state index contributed by atoms with van der Waals surface area (Å²) in [7, 11) is 1.58. The van der Waals surface area contributed by atoms with E-state index in [4.69, 9.17) is 16.3 Å². The smallest absolute Gasteiger partial charge is 0.255 e. The fraction of sp³-hybridized carbons (Fsp3) is 0.467. The fourth-order valence-electron chi connectivity index (χ4n) is 2.31. The number of amides is 2. The van der Waals surface area contributed by atoms with E-state index in [1.54, 1.807) is 41.2 Å². The van der Waals surface area contributed by atoms with Gasteiger partial charge in [0.15, 0.2) is 0 Å². The lowest BCUT2D eigenvalue weighted by Crippen LogP contribution is -2.50. The average Bonchev–Trinajstić information content (AvgIpc) is 2.52. The number of ether oxygens (including phenoxy) is 1. The van der Waals surface area contributed by atoms with Crippen LogP contribution in [-0.4, -0.2) is 61.5 Å². The van der Waals surface area contributed by atoms with Gasteiger partial charge in [0, 0.05) is 33.3 Å². The fourth-order valence-corrected chi connectivity index (χ4v) is 2.53. The SMILES string of the molecule is COCCC(=O)N1CCN(C(=O)c2ccccc2Cl)CC1. The summed E-state index contributed by atoms with van der Waals surface area (Å²) >= 11 is 6.05. The Balaban J connectivity index is 1.91. The van der Waals surface area contributed by atoms with Gasteiger partial charge in [-0.1, -0.05) is 23.7 Å². The molecule has 2 amide bonds. The largest absolute Gasteiger partial charge is 0.384 e. The first kappa shape index (κ1) is 15.8. The third kappa shape index (κ3) is 3.95. The summed E-state index contributed by atoms with van der Waals surface area (Å²) in [5, 5.41) is 0.459. The number of carbonyl (C=O) groups excluding carboxylic acids is 2. The number of rotatable bonds is 4. The van der Waals surface area contributed by atoms with Crippen molar-refractivity contribution in [2.24, 2.45) is 0 Å². The first-order valence-corrected chi connectivity index (χ1v) is 7.32. The minimum atomic E-state index is -0.0791. The van der Waals surface area contributed by atoms with E-state index in [1.165, 1.54) is 0 Å². The van der Waals surface area contributed by atoms with Crippen LogP contribution in [0.1, 0.15) is 16.8 Å². The van der Waals surface area contributed by atoms with Gasteiger partial charge >= 0.3 is 0 Å². The van der Waals surface area contributed by atoms with Crippen molar-refractivity contribution in [1.29, 1.82) is 0 Å². The summed E-state index contributed by atoms with van der Waals surface area (Å²) in [5.74, 6) is -0.00807. The van der Waals surface area contributed by atoms with Gasteiger partial charge in [-0.2, -0.15) is 0 Å². The number of nitrogens with zero attached hydrogens (tertiary/aromatic N) is 2. The molecule has 1 aromatic rings. The van der Waals surface area contributed by atoms with E-state index in [1.807, 2.05) is 0 Å². The molecule has 2 rings (SSSR count). The molecule has 0 N–H and O–H groups in total. The molecule has 6 heteroatoms. The lowest BCUT2D eigenvalue weighted by Gasteiger charge is -2.35. The van der Waals surface area contributed by atoms with Crippen LogP contribution in [0.15, 0.2) is 24.3 Å². The predicted octanol–water partition coefficient (Wildman–Crippen LogP) is 1.66. The van der Waals surface area contributed by atoms with E-state index in [0.717, 1.165) is 0 Å². The second-order valence-electron chi connectivity index (χ2n) is 4.90. The minimum absolute atomic E-state index is 0.0710. The number of carbonyl (C=O) groups is 2. The van der Waals surface area contributed by atoms with Crippen molar-refractivity contribution in [1.82, 2.24) is 9.80 Å². The van der Waals surface area contributed by atoms with E-state index in [0.29, 0.717) is 49.8 Å². The van der Waals surface area contributed by atoms with Crippen LogP contribution in [0.25, 0.3) is 0 Å². The maximum Gasteiger partial charge on any atom is 0.255 e. The molecule has 0 atom stereocenters. The van der Waals surface area contributed by atoms with Crippen molar-refractivity contribution in [3.05, 3.63) is 34.9 Å². The first-order chi connectivity index (χ1) is 10.1. The highest BCUT2D eigenvalue weighted by Gasteiger charge is 2.25. The van der Waals surface area contributed by atoms with Gasteiger partial charge < -0.3 is 14.5 Å². The van der Waals surface area contributed by atoms with E-state index >= 15 is 0 Å². The summed E-state index contributed by atoms with van der Waals surface area (Å²) < 4.78 is 4.91. The Morgan fingerprint density at radius 1 is 1.14 bits per heavy atom. The van der Waals surface area contributed by atoms with E-state index in [9.17, 15) is 9.59 Å². The summed E-state index contributed by atoms with van der Waals surface area (Å²) in [6.07, 6.45) is 0.384. The highest BCUT2D eigenvalue weighted by molar-refractivity contribution is 6.33. The molecule has 0 aliphatic carbocycles. The number of piperazine rings is 1. The van der Waals surface area contributed by atoms with E-state index in [2.05, 4.69) is 0 Å². The second-order valence-corrected chi connectivity index (χ2v) is 5.30. The average molecular weight is 311 g/mol. The van der Waals surface area contributed by atoms with Gasteiger partial charge in [-0.25, -0.2) is 0 Å². The van der Waals surface area contributed by atoms with Crippen LogP contribution < -0.4 is 0 Å². The van der Waals surface area contributed by atoms with Crippen molar-refractivity contribution in [2.75, 3.05) is 39.9 Å². The molecule has 0 aromatic heterocycles. The highest BCUT2D eigenvalue weighted by Crippen LogP contribution is 2.18. The van der Waals surface area contributed by atoms with Crippen molar-refractivity contribution in [3.8, 4) is 0 Å². The molecular weight excluding hydrogens is 292 g/mol. The molecule has 0 spiro atoms. The zero-order chi connectivity index (χ0) is 15.2. The lowest BCUT2D eigenvalue weighted by atomic mass is 10.1. The Kier molecular flexibility index (Phi) is 5.59. The van der Waals surface area contributed by atoms with Crippen LogP contribution >= 0.6 is 11.6 Å². The van der Waals surface area contributed by atoms with Crippen molar-refractivity contribution in [2.45, 2.75) is 6.42 Å². The molecule has 0 saturated carbocycles. The predicted molar refractivity (Wildman–Crippen MR) is 80.4 cm³/mol. The number of methoxy groups -OCH3 is 1. The molecule has 5 nitrogen and oxygen atoms in total. The van der Waals surface area contributed by atoms with Gasteiger partial charge in [0.05, 0.1) is 23.6 Å². The molecule has 0 unspecified atom stereocenters. The van der Waals surface area contributed by atoms with Crippen LogP contribution in [0.4, 0.5) is 0 Å². The van der Waals surface area contributed by atoms with E-state index < -0.39 is 0 Å². The normalized spacial score (nSPS) is 15.1. The molecule has 1 aromatic carbocycles. The van der Waals surface area contributed by atoms with Crippen molar-refractivity contribution >= 4 is 23.4 Å². The van der Waals surface area contributed by atoms with Gasteiger partial charge in [0.2, 0.25) is 5.91 Å². The molecule has 1 aliphatic rings. The van der Waals surface area contributed by atoms with Gasteiger partial charge in [0.25, 0.3) is 5.91 Å². The van der Waals surface area contributed by atoms with Gasteiger partial charge in [0.1, 0.15) is 0 Å².